The average molecular weight is 550 g/mol. The Morgan fingerprint density at radius 3 is 1.77 bits per heavy atom. The molecule has 3 aliphatic rings. The van der Waals surface area contributed by atoms with Crippen molar-refractivity contribution in [1.29, 1.82) is 0 Å². The number of aliphatic carboxylic acids is 1. The van der Waals surface area contributed by atoms with Crippen molar-refractivity contribution in [2.24, 2.45) is 5.92 Å². The summed E-state index contributed by atoms with van der Waals surface area (Å²) in [6.07, 6.45) is 13.0. The van der Waals surface area contributed by atoms with Crippen LogP contribution in [0, 0.1) is 5.92 Å². The number of rotatable bonds is 11. The van der Waals surface area contributed by atoms with Crippen molar-refractivity contribution in [2.45, 2.75) is 114 Å². The Kier molecular flexibility index (Phi) is 12.3. The highest BCUT2D eigenvalue weighted by molar-refractivity contribution is 5.89. The monoisotopic (exact) mass is 549 g/mol. The van der Waals surface area contributed by atoms with Gasteiger partial charge in [-0.15, -0.1) is 0 Å². The Labute approximate surface area is 231 Å². The number of urea groups is 1. The van der Waals surface area contributed by atoms with E-state index in [1.807, 2.05) is 0 Å². The van der Waals surface area contributed by atoms with Gasteiger partial charge in [-0.25, -0.2) is 4.79 Å². The van der Waals surface area contributed by atoms with Gasteiger partial charge in [0.2, 0.25) is 17.7 Å². The molecule has 0 saturated heterocycles. The predicted octanol–water partition coefficient (Wildman–Crippen LogP) is 2.39. The molecule has 0 radical (unpaired) electrons. The van der Waals surface area contributed by atoms with E-state index in [0.717, 1.165) is 83.5 Å². The van der Waals surface area contributed by atoms with Crippen LogP contribution in [0.1, 0.15) is 96.3 Å². The molecule has 3 rings (SSSR count). The highest BCUT2D eigenvalue weighted by Crippen LogP contribution is 2.25. The lowest BCUT2D eigenvalue weighted by Crippen LogP contribution is -2.50. The third-order valence-electron chi connectivity index (χ3n) is 8.36. The van der Waals surface area contributed by atoms with Crippen molar-refractivity contribution in [3.63, 3.8) is 0 Å². The first-order chi connectivity index (χ1) is 18.7. The van der Waals surface area contributed by atoms with E-state index < -0.39 is 11.9 Å². The number of carbonyl (C=O) groups is 5. The molecule has 0 unspecified atom stereocenters. The topological polar surface area (TPSA) is 148 Å². The van der Waals surface area contributed by atoms with Crippen LogP contribution >= 0.6 is 0 Å². The summed E-state index contributed by atoms with van der Waals surface area (Å²) in [5, 5.41) is 18.2. The number of nitrogens with one attached hydrogen (secondary N) is 3. The van der Waals surface area contributed by atoms with Crippen molar-refractivity contribution in [2.75, 3.05) is 26.7 Å². The number of likely N-dealkylation sites (N-methyl/N-ethyl adjacent to an activating group) is 1. The van der Waals surface area contributed by atoms with Gasteiger partial charge in [-0.3, -0.25) is 19.2 Å². The standard InChI is InChI=1S/C28H47N5O6/c1-32(25(35)19-33(17-16-26(36)37)27(38)20-8-4-2-5-9-20)18-24(34)29-22-12-14-23(15-13-22)31-28(39)30-21-10-6-3-7-11-21/h20-23H,2-19H2,1H3,(H,29,34)(H,36,37)(H2,30,31,39). The molecule has 3 fully saturated rings. The van der Waals surface area contributed by atoms with Gasteiger partial charge < -0.3 is 30.9 Å². The second-order valence-electron chi connectivity index (χ2n) is 11.6. The van der Waals surface area contributed by atoms with Gasteiger partial charge in [0, 0.05) is 37.6 Å². The van der Waals surface area contributed by atoms with Crippen LogP contribution in [-0.4, -0.2) is 89.4 Å². The van der Waals surface area contributed by atoms with Gasteiger partial charge in [0.1, 0.15) is 0 Å². The largest absolute Gasteiger partial charge is 0.481 e. The second-order valence-corrected chi connectivity index (χ2v) is 11.6. The summed E-state index contributed by atoms with van der Waals surface area (Å²) >= 11 is 0. The summed E-state index contributed by atoms with van der Waals surface area (Å²) in [6, 6.07) is 0.238. The summed E-state index contributed by atoms with van der Waals surface area (Å²) in [4.78, 5) is 64.6. The summed E-state index contributed by atoms with van der Waals surface area (Å²) in [6.45, 7) is -0.385. The zero-order valence-corrected chi connectivity index (χ0v) is 23.4. The van der Waals surface area contributed by atoms with Crippen LogP contribution in [0.15, 0.2) is 0 Å². The van der Waals surface area contributed by atoms with Crippen molar-refractivity contribution >= 4 is 29.7 Å². The van der Waals surface area contributed by atoms with Gasteiger partial charge in [-0.2, -0.15) is 0 Å². The molecule has 3 saturated carbocycles. The highest BCUT2D eigenvalue weighted by atomic mass is 16.4. The van der Waals surface area contributed by atoms with Crippen LogP contribution in [0.3, 0.4) is 0 Å². The van der Waals surface area contributed by atoms with Crippen molar-refractivity contribution in [3.8, 4) is 0 Å². The first kappa shape index (κ1) is 30.7. The summed E-state index contributed by atoms with van der Waals surface area (Å²) in [5.74, 6) is -2.02. The first-order valence-corrected chi connectivity index (χ1v) is 14.8. The fourth-order valence-corrected chi connectivity index (χ4v) is 6.01. The zero-order valence-electron chi connectivity index (χ0n) is 23.4. The maximum Gasteiger partial charge on any atom is 0.315 e. The molecule has 0 aromatic carbocycles. The van der Waals surface area contributed by atoms with Crippen LogP contribution in [0.5, 0.6) is 0 Å². The number of carboxylic acids is 1. The SMILES string of the molecule is CN(CC(=O)NC1CCC(NC(=O)NC2CCCCC2)CC1)C(=O)CN(CCC(=O)O)C(=O)C1CCCCC1. The molecule has 0 aliphatic heterocycles. The number of carboxylic acid groups (broad SMARTS) is 1. The Bertz CT molecular complexity index is 847. The summed E-state index contributed by atoms with van der Waals surface area (Å²) in [7, 11) is 1.52. The van der Waals surface area contributed by atoms with E-state index in [1.165, 1.54) is 23.3 Å². The molecular formula is C28H47N5O6. The third kappa shape index (κ3) is 10.7. The zero-order chi connectivity index (χ0) is 28.2. The fourth-order valence-electron chi connectivity index (χ4n) is 6.01. The van der Waals surface area contributed by atoms with Crippen molar-refractivity contribution in [3.05, 3.63) is 0 Å². The van der Waals surface area contributed by atoms with Gasteiger partial charge in [0.05, 0.1) is 19.5 Å². The minimum absolute atomic E-state index is 0.0135. The van der Waals surface area contributed by atoms with Crippen LogP contribution in [-0.2, 0) is 19.2 Å². The van der Waals surface area contributed by atoms with Crippen molar-refractivity contribution < 1.29 is 29.1 Å². The first-order valence-electron chi connectivity index (χ1n) is 14.8. The Morgan fingerprint density at radius 1 is 0.692 bits per heavy atom. The number of hydrogen-bond donors (Lipinski definition) is 4. The Balaban J connectivity index is 1.38. The molecule has 0 bridgehead atoms. The fraction of sp³-hybridized carbons (Fsp3) is 0.821. The van der Waals surface area contributed by atoms with Gasteiger partial charge in [-0.05, 0) is 51.4 Å². The van der Waals surface area contributed by atoms with E-state index in [0.29, 0.717) is 0 Å². The minimum atomic E-state index is -1.02. The summed E-state index contributed by atoms with van der Waals surface area (Å²) in [5.41, 5.74) is 0. The van der Waals surface area contributed by atoms with E-state index in [9.17, 15) is 24.0 Å². The van der Waals surface area contributed by atoms with E-state index in [-0.39, 0.29) is 67.9 Å². The molecule has 0 aromatic rings. The molecule has 220 valence electrons. The van der Waals surface area contributed by atoms with E-state index in [2.05, 4.69) is 16.0 Å². The molecule has 0 atom stereocenters. The average Bonchev–Trinajstić information content (AvgIpc) is 2.92. The van der Waals surface area contributed by atoms with E-state index >= 15 is 0 Å². The highest BCUT2D eigenvalue weighted by Gasteiger charge is 2.29. The van der Waals surface area contributed by atoms with Gasteiger partial charge >= 0.3 is 12.0 Å². The molecule has 0 spiro atoms. The van der Waals surface area contributed by atoms with Gasteiger partial charge in [0.25, 0.3) is 0 Å². The molecule has 11 nitrogen and oxygen atoms in total. The molecule has 5 amide bonds. The molecule has 11 heteroatoms. The maximum atomic E-state index is 13.0. The Morgan fingerprint density at radius 2 is 1.21 bits per heavy atom. The molecule has 0 aromatic heterocycles. The smallest absolute Gasteiger partial charge is 0.315 e. The molecular weight excluding hydrogens is 502 g/mol. The molecule has 3 aliphatic carbocycles. The van der Waals surface area contributed by atoms with Crippen molar-refractivity contribution in [1.82, 2.24) is 25.8 Å². The van der Waals surface area contributed by atoms with Gasteiger partial charge in [0.15, 0.2) is 0 Å². The number of amides is 5. The quantitative estimate of drug-likeness (QED) is 0.311. The number of carbonyl (C=O) groups excluding carboxylic acids is 4. The minimum Gasteiger partial charge on any atom is -0.481 e. The predicted molar refractivity (Wildman–Crippen MR) is 146 cm³/mol. The molecule has 39 heavy (non-hydrogen) atoms. The maximum absolute atomic E-state index is 13.0. The third-order valence-corrected chi connectivity index (χ3v) is 8.36. The lowest BCUT2D eigenvalue weighted by Gasteiger charge is -2.31. The normalized spacial score (nSPS) is 22.4. The van der Waals surface area contributed by atoms with Gasteiger partial charge in [-0.1, -0.05) is 38.5 Å². The van der Waals surface area contributed by atoms with Crippen LogP contribution in [0.2, 0.25) is 0 Å². The number of hydrogen-bond acceptors (Lipinski definition) is 5. The number of nitrogens with zero attached hydrogens (tertiary/aromatic N) is 2. The molecule has 0 heterocycles. The second kappa shape index (κ2) is 15.7. The molecule has 4 N–H and O–H groups in total. The summed E-state index contributed by atoms with van der Waals surface area (Å²) < 4.78 is 0. The van der Waals surface area contributed by atoms with Crippen LogP contribution < -0.4 is 16.0 Å². The Hall–Kier alpha value is -2.85. The lowest BCUT2D eigenvalue weighted by molar-refractivity contribution is -0.145. The van der Waals surface area contributed by atoms with Crippen LogP contribution in [0.4, 0.5) is 4.79 Å². The van der Waals surface area contributed by atoms with E-state index in [4.69, 9.17) is 5.11 Å². The van der Waals surface area contributed by atoms with E-state index in [1.54, 1.807) is 0 Å². The lowest BCUT2D eigenvalue weighted by atomic mass is 9.88. The van der Waals surface area contributed by atoms with Crippen LogP contribution in [0.25, 0.3) is 0 Å².